The molecule has 1 aliphatic heterocycles. The topological polar surface area (TPSA) is 70.7 Å². The fourth-order valence-electron chi connectivity index (χ4n) is 1.78. The van der Waals surface area contributed by atoms with Crippen LogP contribution in [0.4, 0.5) is 4.79 Å². The molecule has 0 aliphatic carbocycles. The van der Waals surface area contributed by atoms with Gasteiger partial charge in [0.05, 0.1) is 18.7 Å². The number of urea groups is 1. The van der Waals surface area contributed by atoms with Gasteiger partial charge >= 0.3 is 12.0 Å². The predicted octanol–water partition coefficient (Wildman–Crippen LogP) is 1.48. The molecule has 0 radical (unpaired) electrons. The Morgan fingerprint density at radius 3 is 2.62 bits per heavy atom. The number of thiocarbonyl (C=S) groups is 1. The van der Waals surface area contributed by atoms with Gasteiger partial charge in [-0.3, -0.25) is 0 Å². The number of esters is 1. The average Bonchev–Trinajstić information content (AvgIpc) is 2.46. The molecule has 2 amide bonds. The zero-order valence-corrected chi connectivity index (χ0v) is 14.2. The van der Waals surface area contributed by atoms with Gasteiger partial charge in [0.15, 0.2) is 0 Å². The standard InChI is InChI=1S/C13H21N3O3S2/c1-4-16(5-2)13(20)21-8-10-9(11(17)19-6-3)7-14-12(18)15-10/h4-8H2,1-3H3,(H2,14,15,18). The molecule has 1 aliphatic rings. The van der Waals surface area contributed by atoms with Crippen molar-refractivity contribution in [3.8, 4) is 0 Å². The molecule has 0 fully saturated rings. The van der Waals surface area contributed by atoms with E-state index in [1.54, 1.807) is 6.92 Å². The second-order valence-electron chi connectivity index (χ2n) is 4.21. The maximum atomic E-state index is 11.9. The molecule has 2 N–H and O–H groups in total. The Morgan fingerprint density at radius 1 is 1.38 bits per heavy atom. The fourth-order valence-corrected chi connectivity index (χ4v) is 3.17. The van der Waals surface area contributed by atoms with E-state index in [9.17, 15) is 9.59 Å². The summed E-state index contributed by atoms with van der Waals surface area (Å²) in [5.41, 5.74) is 1.02. The van der Waals surface area contributed by atoms with Gasteiger partial charge in [-0.15, -0.1) is 0 Å². The van der Waals surface area contributed by atoms with Crippen molar-refractivity contribution in [2.24, 2.45) is 0 Å². The molecule has 6 nitrogen and oxygen atoms in total. The summed E-state index contributed by atoms with van der Waals surface area (Å²) in [5.74, 6) is 0.0334. The van der Waals surface area contributed by atoms with Crippen molar-refractivity contribution < 1.29 is 14.3 Å². The molecule has 8 heteroatoms. The highest BCUT2D eigenvalue weighted by molar-refractivity contribution is 8.23. The highest BCUT2D eigenvalue weighted by Gasteiger charge is 2.24. The Labute approximate surface area is 134 Å². The third kappa shape index (κ3) is 5.20. The summed E-state index contributed by atoms with van der Waals surface area (Å²) < 4.78 is 5.76. The van der Waals surface area contributed by atoms with Crippen molar-refractivity contribution in [2.75, 3.05) is 32.0 Å². The molecule has 1 rings (SSSR count). The van der Waals surface area contributed by atoms with E-state index in [-0.39, 0.29) is 12.6 Å². The number of hydrogen-bond donors (Lipinski definition) is 2. The maximum absolute atomic E-state index is 11.9. The Bertz CT molecular complexity index is 448. The molecule has 0 aromatic heterocycles. The van der Waals surface area contributed by atoms with Crippen molar-refractivity contribution in [3.63, 3.8) is 0 Å². The minimum Gasteiger partial charge on any atom is -0.463 e. The summed E-state index contributed by atoms with van der Waals surface area (Å²) in [4.78, 5) is 25.4. The van der Waals surface area contributed by atoms with Crippen molar-refractivity contribution in [1.29, 1.82) is 0 Å². The minimum atomic E-state index is -0.408. The zero-order chi connectivity index (χ0) is 15.8. The van der Waals surface area contributed by atoms with Crippen molar-refractivity contribution in [3.05, 3.63) is 11.3 Å². The Kier molecular flexibility index (Phi) is 7.52. The van der Waals surface area contributed by atoms with Gasteiger partial charge in [-0.25, -0.2) is 9.59 Å². The normalized spacial score (nSPS) is 14.3. The first-order valence-electron chi connectivity index (χ1n) is 6.89. The Balaban J connectivity index is 2.76. The van der Waals surface area contributed by atoms with E-state index < -0.39 is 5.97 Å². The van der Waals surface area contributed by atoms with Gasteiger partial charge in [0.1, 0.15) is 4.32 Å². The molecule has 0 unspecified atom stereocenters. The van der Waals surface area contributed by atoms with E-state index in [1.165, 1.54) is 11.8 Å². The lowest BCUT2D eigenvalue weighted by Gasteiger charge is -2.24. The molecular weight excluding hydrogens is 310 g/mol. The molecule has 0 saturated heterocycles. The number of carbonyl (C=O) groups excluding carboxylic acids is 2. The number of hydrogen-bond acceptors (Lipinski definition) is 5. The summed E-state index contributed by atoms with van der Waals surface area (Å²) in [7, 11) is 0. The van der Waals surface area contributed by atoms with Crippen LogP contribution in [0.15, 0.2) is 11.3 Å². The number of rotatable bonds is 6. The second kappa shape index (κ2) is 8.89. The molecule has 0 aromatic carbocycles. The number of carbonyl (C=O) groups is 2. The smallest absolute Gasteiger partial charge is 0.337 e. The third-order valence-corrected chi connectivity index (χ3v) is 4.49. The third-order valence-electron chi connectivity index (χ3n) is 2.94. The van der Waals surface area contributed by atoms with Crippen LogP contribution >= 0.6 is 24.0 Å². The molecule has 0 saturated carbocycles. The highest BCUT2D eigenvalue weighted by Crippen LogP contribution is 2.17. The van der Waals surface area contributed by atoms with Crippen LogP contribution in [0.5, 0.6) is 0 Å². The number of nitrogens with zero attached hydrogens (tertiary/aromatic N) is 1. The second-order valence-corrected chi connectivity index (χ2v) is 5.82. The maximum Gasteiger partial charge on any atom is 0.337 e. The van der Waals surface area contributed by atoms with Crippen LogP contribution in [0.2, 0.25) is 0 Å². The van der Waals surface area contributed by atoms with Crippen LogP contribution in [0.25, 0.3) is 0 Å². The Morgan fingerprint density at radius 2 is 2.05 bits per heavy atom. The van der Waals surface area contributed by atoms with E-state index in [2.05, 4.69) is 10.6 Å². The van der Waals surface area contributed by atoms with Crippen LogP contribution in [0.1, 0.15) is 20.8 Å². The lowest BCUT2D eigenvalue weighted by Crippen LogP contribution is -2.44. The largest absolute Gasteiger partial charge is 0.463 e. The van der Waals surface area contributed by atoms with Crippen LogP contribution in [-0.4, -0.2) is 53.2 Å². The lowest BCUT2D eigenvalue weighted by molar-refractivity contribution is -0.138. The SMILES string of the molecule is CCOC(=O)C1=C(CSC(=S)N(CC)CC)NC(=O)NC1. The van der Waals surface area contributed by atoms with Gasteiger partial charge in [-0.2, -0.15) is 0 Å². The van der Waals surface area contributed by atoms with Crippen LogP contribution in [0, 0.1) is 0 Å². The van der Waals surface area contributed by atoms with Crippen LogP contribution in [0.3, 0.4) is 0 Å². The number of ether oxygens (including phenoxy) is 1. The summed E-state index contributed by atoms with van der Waals surface area (Å²) >= 11 is 6.78. The number of thioether (sulfide) groups is 1. The van der Waals surface area contributed by atoms with E-state index in [0.29, 0.717) is 23.6 Å². The van der Waals surface area contributed by atoms with E-state index in [1.807, 2.05) is 18.7 Å². The predicted molar refractivity (Wildman–Crippen MR) is 88.2 cm³/mol. The van der Waals surface area contributed by atoms with Gasteiger partial charge in [-0.1, -0.05) is 24.0 Å². The first kappa shape index (κ1) is 17.8. The molecule has 0 spiro atoms. The van der Waals surface area contributed by atoms with Gasteiger partial charge in [-0.05, 0) is 20.8 Å². The van der Waals surface area contributed by atoms with Gasteiger partial charge in [0, 0.05) is 24.5 Å². The summed E-state index contributed by atoms with van der Waals surface area (Å²) in [6, 6.07) is -0.313. The first-order valence-corrected chi connectivity index (χ1v) is 8.28. The molecule has 21 heavy (non-hydrogen) atoms. The summed E-state index contributed by atoms with van der Waals surface area (Å²) in [5, 5.41) is 5.24. The lowest BCUT2D eigenvalue weighted by atomic mass is 10.2. The average molecular weight is 331 g/mol. The summed E-state index contributed by atoms with van der Waals surface area (Å²) in [6.45, 7) is 7.96. The molecular formula is C13H21N3O3S2. The fraction of sp³-hybridized carbons (Fsp3) is 0.615. The van der Waals surface area contributed by atoms with Gasteiger partial charge in [0.25, 0.3) is 0 Å². The molecule has 0 aromatic rings. The molecule has 0 atom stereocenters. The molecule has 0 bridgehead atoms. The van der Waals surface area contributed by atoms with E-state index in [0.717, 1.165) is 17.4 Å². The van der Waals surface area contributed by atoms with Gasteiger partial charge in [0.2, 0.25) is 0 Å². The number of amides is 2. The highest BCUT2D eigenvalue weighted by atomic mass is 32.2. The molecule has 118 valence electrons. The minimum absolute atomic E-state index is 0.179. The van der Waals surface area contributed by atoms with Crippen LogP contribution in [-0.2, 0) is 9.53 Å². The van der Waals surface area contributed by atoms with Gasteiger partial charge < -0.3 is 20.3 Å². The van der Waals surface area contributed by atoms with Crippen LogP contribution < -0.4 is 10.6 Å². The summed E-state index contributed by atoms with van der Waals surface area (Å²) in [6.07, 6.45) is 0. The molecule has 1 heterocycles. The number of nitrogens with one attached hydrogen (secondary N) is 2. The van der Waals surface area contributed by atoms with E-state index >= 15 is 0 Å². The quantitative estimate of drug-likeness (QED) is 0.567. The Hall–Kier alpha value is -1.28. The monoisotopic (exact) mass is 331 g/mol. The van der Waals surface area contributed by atoms with E-state index in [4.69, 9.17) is 17.0 Å². The van der Waals surface area contributed by atoms with Crippen molar-refractivity contribution >= 4 is 40.3 Å². The van der Waals surface area contributed by atoms with Crippen molar-refractivity contribution in [2.45, 2.75) is 20.8 Å². The zero-order valence-electron chi connectivity index (χ0n) is 12.5. The first-order chi connectivity index (χ1) is 10.0. The van der Waals surface area contributed by atoms with Crippen molar-refractivity contribution in [1.82, 2.24) is 15.5 Å².